The van der Waals surface area contributed by atoms with E-state index in [-0.39, 0.29) is 0 Å². The maximum absolute atomic E-state index is 10.8. The summed E-state index contributed by atoms with van der Waals surface area (Å²) in [7, 11) is 1.69. The SMILES string of the molecule is COc1cccc(CN2CCc3cc(CNC(N)=O)ccc32)c1. The van der Waals surface area contributed by atoms with Crippen LogP contribution in [0.5, 0.6) is 5.75 Å². The molecule has 0 aromatic heterocycles. The fourth-order valence-corrected chi connectivity index (χ4v) is 2.98. The van der Waals surface area contributed by atoms with Crippen molar-refractivity contribution in [1.82, 2.24) is 5.32 Å². The van der Waals surface area contributed by atoms with Gasteiger partial charge in [-0.2, -0.15) is 0 Å². The molecule has 1 aliphatic rings. The second kappa shape index (κ2) is 6.60. The van der Waals surface area contributed by atoms with Crippen molar-refractivity contribution < 1.29 is 9.53 Å². The lowest BCUT2D eigenvalue weighted by atomic mass is 10.1. The number of primary amides is 1. The number of benzene rings is 2. The predicted octanol–water partition coefficient (Wildman–Crippen LogP) is 2.43. The number of urea groups is 1. The standard InChI is InChI=1S/C18H21N3O2/c1-23-16-4-2-3-14(10-16)12-21-8-7-15-9-13(5-6-17(15)21)11-20-18(19)22/h2-6,9-10H,7-8,11-12H2,1H3,(H3,19,20,22). The predicted molar refractivity (Wildman–Crippen MR) is 90.6 cm³/mol. The Morgan fingerprint density at radius 3 is 2.91 bits per heavy atom. The summed E-state index contributed by atoms with van der Waals surface area (Å²) in [6.45, 7) is 2.33. The fourth-order valence-electron chi connectivity index (χ4n) is 2.98. The zero-order valence-corrected chi connectivity index (χ0v) is 13.2. The molecule has 120 valence electrons. The third kappa shape index (κ3) is 3.56. The quantitative estimate of drug-likeness (QED) is 0.891. The minimum atomic E-state index is -0.495. The number of nitrogens with two attached hydrogens (primary N) is 1. The van der Waals surface area contributed by atoms with Gasteiger partial charge in [0.05, 0.1) is 7.11 Å². The molecule has 0 spiro atoms. The first-order chi connectivity index (χ1) is 11.2. The highest BCUT2D eigenvalue weighted by atomic mass is 16.5. The average Bonchev–Trinajstić information content (AvgIpc) is 2.95. The van der Waals surface area contributed by atoms with Crippen LogP contribution >= 0.6 is 0 Å². The maximum Gasteiger partial charge on any atom is 0.312 e. The molecular formula is C18H21N3O2. The van der Waals surface area contributed by atoms with Crippen molar-refractivity contribution in [2.24, 2.45) is 5.73 Å². The molecule has 0 bridgehead atoms. The summed E-state index contributed by atoms with van der Waals surface area (Å²) < 4.78 is 5.29. The van der Waals surface area contributed by atoms with Crippen molar-refractivity contribution in [1.29, 1.82) is 0 Å². The van der Waals surface area contributed by atoms with Gasteiger partial charge in [0.2, 0.25) is 0 Å². The van der Waals surface area contributed by atoms with Gasteiger partial charge in [-0.25, -0.2) is 4.79 Å². The van der Waals surface area contributed by atoms with Gasteiger partial charge in [-0.1, -0.05) is 24.3 Å². The number of rotatable bonds is 5. The monoisotopic (exact) mass is 311 g/mol. The average molecular weight is 311 g/mol. The molecule has 5 nitrogen and oxygen atoms in total. The number of fused-ring (bicyclic) bond motifs is 1. The molecule has 0 atom stereocenters. The van der Waals surface area contributed by atoms with Crippen LogP contribution in [0.1, 0.15) is 16.7 Å². The number of carbonyl (C=O) groups excluding carboxylic acids is 1. The smallest absolute Gasteiger partial charge is 0.312 e. The lowest BCUT2D eigenvalue weighted by Gasteiger charge is -2.20. The van der Waals surface area contributed by atoms with Crippen LogP contribution in [0.2, 0.25) is 0 Å². The van der Waals surface area contributed by atoms with Crippen LogP contribution in [0.25, 0.3) is 0 Å². The first-order valence-corrected chi connectivity index (χ1v) is 7.68. The Kier molecular flexibility index (Phi) is 4.37. The Balaban J connectivity index is 1.72. The van der Waals surface area contributed by atoms with Crippen molar-refractivity contribution in [3.63, 3.8) is 0 Å². The minimum Gasteiger partial charge on any atom is -0.497 e. The molecular weight excluding hydrogens is 290 g/mol. The molecule has 23 heavy (non-hydrogen) atoms. The van der Waals surface area contributed by atoms with Crippen LogP contribution in [-0.2, 0) is 19.5 Å². The van der Waals surface area contributed by atoms with Gasteiger partial charge in [-0.15, -0.1) is 0 Å². The van der Waals surface area contributed by atoms with Crippen LogP contribution in [0.3, 0.4) is 0 Å². The topological polar surface area (TPSA) is 67.6 Å². The number of hydrogen-bond donors (Lipinski definition) is 2. The summed E-state index contributed by atoms with van der Waals surface area (Å²) in [6, 6.07) is 14.0. The van der Waals surface area contributed by atoms with Gasteiger partial charge in [0, 0.05) is 25.3 Å². The Bertz CT molecular complexity index is 715. The zero-order valence-electron chi connectivity index (χ0n) is 13.2. The van der Waals surface area contributed by atoms with Crippen molar-refractivity contribution in [2.75, 3.05) is 18.6 Å². The Morgan fingerprint density at radius 1 is 1.26 bits per heavy atom. The van der Waals surface area contributed by atoms with Gasteiger partial charge in [-0.05, 0) is 41.3 Å². The van der Waals surface area contributed by atoms with E-state index < -0.39 is 6.03 Å². The van der Waals surface area contributed by atoms with Crippen molar-refractivity contribution >= 4 is 11.7 Å². The van der Waals surface area contributed by atoms with E-state index in [1.165, 1.54) is 16.8 Å². The number of methoxy groups -OCH3 is 1. The highest BCUT2D eigenvalue weighted by Crippen LogP contribution is 2.30. The molecule has 0 aliphatic carbocycles. The Labute approximate surface area is 136 Å². The van der Waals surface area contributed by atoms with E-state index in [4.69, 9.17) is 10.5 Å². The fraction of sp³-hybridized carbons (Fsp3) is 0.278. The normalized spacial score (nSPS) is 12.8. The summed E-state index contributed by atoms with van der Waals surface area (Å²) >= 11 is 0. The molecule has 2 aromatic carbocycles. The molecule has 0 unspecified atom stereocenters. The summed E-state index contributed by atoms with van der Waals surface area (Å²) in [5, 5.41) is 2.63. The van der Waals surface area contributed by atoms with Crippen molar-refractivity contribution in [3.8, 4) is 5.75 Å². The second-order valence-corrected chi connectivity index (χ2v) is 5.70. The second-order valence-electron chi connectivity index (χ2n) is 5.70. The number of nitrogens with zero attached hydrogens (tertiary/aromatic N) is 1. The molecule has 1 aliphatic heterocycles. The Hall–Kier alpha value is -2.69. The van der Waals surface area contributed by atoms with E-state index in [0.29, 0.717) is 6.54 Å². The van der Waals surface area contributed by atoms with E-state index in [1.54, 1.807) is 7.11 Å². The number of ether oxygens (including phenoxy) is 1. The number of amides is 2. The molecule has 3 rings (SSSR count). The van der Waals surface area contributed by atoms with Crippen LogP contribution in [0.4, 0.5) is 10.5 Å². The summed E-state index contributed by atoms with van der Waals surface area (Å²) in [5.41, 5.74) is 10.0. The van der Waals surface area contributed by atoms with Crippen LogP contribution in [-0.4, -0.2) is 19.7 Å². The number of carbonyl (C=O) groups is 1. The van der Waals surface area contributed by atoms with Gasteiger partial charge in [0.15, 0.2) is 0 Å². The largest absolute Gasteiger partial charge is 0.497 e. The van der Waals surface area contributed by atoms with Crippen LogP contribution in [0.15, 0.2) is 42.5 Å². The van der Waals surface area contributed by atoms with E-state index in [1.807, 2.05) is 18.2 Å². The molecule has 5 heteroatoms. The highest BCUT2D eigenvalue weighted by Gasteiger charge is 2.19. The summed E-state index contributed by atoms with van der Waals surface area (Å²) in [4.78, 5) is 13.2. The first kappa shape index (κ1) is 15.2. The molecule has 1 heterocycles. The molecule has 0 radical (unpaired) electrons. The van der Waals surface area contributed by atoms with E-state index >= 15 is 0 Å². The van der Waals surface area contributed by atoms with Crippen LogP contribution < -0.4 is 20.7 Å². The molecule has 3 N–H and O–H groups in total. The molecule has 0 fully saturated rings. The summed E-state index contributed by atoms with van der Waals surface area (Å²) in [5.74, 6) is 0.884. The van der Waals surface area contributed by atoms with Gasteiger partial charge >= 0.3 is 6.03 Å². The third-order valence-corrected chi connectivity index (χ3v) is 4.11. The number of hydrogen-bond acceptors (Lipinski definition) is 3. The maximum atomic E-state index is 10.8. The van der Waals surface area contributed by atoms with Crippen molar-refractivity contribution in [3.05, 3.63) is 59.2 Å². The van der Waals surface area contributed by atoms with Crippen molar-refractivity contribution in [2.45, 2.75) is 19.5 Å². The lowest BCUT2D eigenvalue weighted by Crippen LogP contribution is -2.28. The Morgan fingerprint density at radius 2 is 2.13 bits per heavy atom. The summed E-state index contributed by atoms with van der Waals surface area (Å²) in [6.07, 6.45) is 1.02. The van der Waals surface area contributed by atoms with E-state index in [0.717, 1.165) is 30.8 Å². The van der Waals surface area contributed by atoms with E-state index in [2.05, 4.69) is 34.5 Å². The third-order valence-electron chi connectivity index (χ3n) is 4.11. The van der Waals surface area contributed by atoms with Crippen LogP contribution in [0, 0.1) is 0 Å². The number of nitrogens with one attached hydrogen (secondary N) is 1. The molecule has 2 amide bonds. The van der Waals surface area contributed by atoms with E-state index in [9.17, 15) is 4.79 Å². The molecule has 0 saturated carbocycles. The number of anilines is 1. The minimum absolute atomic E-state index is 0.471. The van der Waals surface area contributed by atoms with Gasteiger partial charge in [0.25, 0.3) is 0 Å². The molecule has 0 saturated heterocycles. The van der Waals surface area contributed by atoms with Gasteiger partial charge < -0.3 is 20.7 Å². The van der Waals surface area contributed by atoms with Gasteiger partial charge in [0.1, 0.15) is 5.75 Å². The lowest BCUT2D eigenvalue weighted by molar-refractivity contribution is 0.248. The molecule has 2 aromatic rings. The zero-order chi connectivity index (χ0) is 16.2. The highest BCUT2D eigenvalue weighted by molar-refractivity contribution is 5.71. The van der Waals surface area contributed by atoms with Gasteiger partial charge in [-0.3, -0.25) is 0 Å². The first-order valence-electron chi connectivity index (χ1n) is 7.68.